The van der Waals surface area contributed by atoms with E-state index in [1.807, 2.05) is 0 Å². The summed E-state index contributed by atoms with van der Waals surface area (Å²) in [5, 5.41) is 0. The van der Waals surface area contributed by atoms with Gasteiger partial charge in [-0.3, -0.25) is 0 Å². The first-order valence-corrected chi connectivity index (χ1v) is 1.10. The van der Waals surface area contributed by atoms with Crippen LogP contribution in [0.15, 0.2) is 0 Å². The van der Waals surface area contributed by atoms with Crippen LogP contribution >= 0.6 is 0 Å². The zero-order chi connectivity index (χ0) is 3.41. The normalized spacial score (nSPS) is 7.50. The first-order valence-electron chi connectivity index (χ1n) is 1.10. The summed E-state index contributed by atoms with van der Waals surface area (Å²) in [6, 6.07) is 0. The van der Waals surface area contributed by atoms with Gasteiger partial charge in [0.2, 0.25) is 0 Å². The predicted molar refractivity (Wildman–Crippen MR) is 16.5 cm³/mol. The van der Waals surface area contributed by atoms with Gasteiger partial charge < -0.3 is 0 Å². The Morgan fingerprint density at radius 2 is 2.25 bits per heavy atom. The average Bonchev–Trinajstić information content (AvgIpc) is 1.37. The monoisotopic (exact) mass is 58.1 g/mol. The third-order valence-electron chi connectivity index (χ3n) is 0.125. The lowest BCUT2D eigenvalue weighted by Gasteiger charge is -1.74. The van der Waals surface area contributed by atoms with Crippen molar-refractivity contribution in [3.05, 3.63) is 6.92 Å². The van der Waals surface area contributed by atoms with Crippen LogP contribution in [0.1, 0.15) is 0 Å². The minimum atomic E-state index is 0.486. The quantitative estimate of drug-likeness (QED) is 0.409. The molecule has 2 N–H and O–H groups in total. The van der Waals surface area contributed by atoms with Gasteiger partial charge in [0.05, 0.1) is 0 Å². The molecule has 0 spiro atoms. The Labute approximate surface area is 26.0 Å². The second-order valence-corrected chi connectivity index (χ2v) is 0.427. The van der Waals surface area contributed by atoms with Gasteiger partial charge in [-0.2, -0.15) is 5.84 Å². The fourth-order valence-electron chi connectivity index (χ4n) is 0. The van der Waals surface area contributed by atoms with Crippen molar-refractivity contribution in [2.75, 3.05) is 6.54 Å². The van der Waals surface area contributed by atoms with Crippen LogP contribution in [-0.4, -0.2) is 6.54 Å². The molecular weight excluding hydrogens is 52.0 g/mol. The molecule has 2 radical (unpaired) electrons. The third kappa shape index (κ3) is 1.92. The Morgan fingerprint density at radius 3 is 2.25 bits per heavy atom. The van der Waals surface area contributed by atoms with E-state index in [-0.39, 0.29) is 0 Å². The second-order valence-electron chi connectivity index (χ2n) is 0.427. The topological polar surface area (TPSA) is 35.8 Å². The standard InChI is InChI=1S/C2H6N2/c1-2-4-3/h3-4H,1-2H2. The summed E-state index contributed by atoms with van der Waals surface area (Å²) in [6.07, 6.45) is 0. The van der Waals surface area contributed by atoms with E-state index in [1.54, 1.807) is 0 Å². The molecule has 0 aliphatic rings. The van der Waals surface area contributed by atoms with Crippen molar-refractivity contribution in [1.29, 1.82) is 0 Å². The van der Waals surface area contributed by atoms with Crippen molar-refractivity contribution in [2.24, 2.45) is 0 Å². The first kappa shape index (κ1) is 3.92. The molecule has 0 aromatic rings. The van der Waals surface area contributed by atoms with Gasteiger partial charge >= 0.3 is 0 Å². The van der Waals surface area contributed by atoms with E-state index in [2.05, 4.69) is 12.3 Å². The van der Waals surface area contributed by atoms with Crippen molar-refractivity contribution < 1.29 is 0 Å². The molecule has 0 amide bonds. The molecule has 0 aromatic carbocycles. The van der Waals surface area contributed by atoms with Gasteiger partial charge in [0.15, 0.2) is 0 Å². The Morgan fingerprint density at radius 1 is 2.00 bits per heavy atom. The van der Waals surface area contributed by atoms with Crippen molar-refractivity contribution >= 4 is 0 Å². The summed E-state index contributed by atoms with van der Waals surface area (Å²) in [5.41, 5.74) is 2.07. The van der Waals surface area contributed by atoms with Crippen LogP contribution in [0.5, 0.6) is 0 Å². The van der Waals surface area contributed by atoms with Crippen LogP contribution in [-0.2, 0) is 0 Å². The molecule has 0 rings (SSSR count). The highest BCUT2D eigenvalue weighted by atomic mass is 15.2. The van der Waals surface area contributed by atoms with E-state index in [1.165, 1.54) is 0 Å². The fourth-order valence-corrected chi connectivity index (χ4v) is 0. The molecule has 0 atom stereocenters. The predicted octanol–water partition coefficient (Wildman–Crippen LogP) is -0.392. The first-order chi connectivity index (χ1) is 1.91. The molecule has 2 heteroatoms. The highest BCUT2D eigenvalue weighted by Gasteiger charge is 1.51. The van der Waals surface area contributed by atoms with Crippen LogP contribution in [0.4, 0.5) is 0 Å². The maximum absolute atomic E-state index is 6.14. The summed E-state index contributed by atoms with van der Waals surface area (Å²) in [5.74, 6) is 6.14. The van der Waals surface area contributed by atoms with E-state index >= 15 is 0 Å². The SMILES string of the molecule is [CH2]CN[NH]. The Bertz CT molecular complexity index is 6.00. The summed E-state index contributed by atoms with van der Waals surface area (Å²) < 4.78 is 0. The zero-order valence-corrected chi connectivity index (χ0v) is 2.41. The van der Waals surface area contributed by atoms with Crippen molar-refractivity contribution in [3.63, 3.8) is 0 Å². The molecule has 2 nitrogen and oxygen atoms in total. The molecule has 0 saturated carbocycles. The molecule has 0 aromatic heterocycles. The highest BCUT2D eigenvalue weighted by Crippen LogP contribution is 1.30. The molecule has 0 saturated heterocycles. The lowest BCUT2D eigenvalue weighted by molar-refractivity contribution is 0.789. The minimum absolute atomic E-state index is 0.486. The summed E-state index contributed by atoms with van der Waals surface area (Å²) in [7, 11) is 0. The Balaban J connectivity index is 1.97. The number of hydrogen-bond donors (Lipinski definition) is 1. The Hall–Kier alpha value is -0.0800. The largest absolute Gasteiger partial charge is 0.243 e. The van der Waals surface area contributed by atoms with E-state index in [4.69, 9.17) is 5.84 Å². The fraction of sp³-hybridized carbons (Fsp3) is 0.500. The van der Waals surface area contributed by atoms with Crippen molar-refractivity contribution in [2.45, 2.75) is 0 Å². The number of rotatable bonds is 1. The summed E-state index contributed by atoms with van der Waals surface area (Å²) >= 11 is 0. The van der Waals surface area contributed by atoms with Gasteiger partial charge in [0.25, 0.3) is 0 Å². The number of hydrogen-bond acceptors (Lipinski definition) is 1. The number of nitrogens with one attached hydrogen (secondary N) is 2. The lowest BCUT2D eigenvalue weighted by atomic mass is 10.8. The molecule has 0 bridgehead atoms. The zero-order valence-electron chi connectivity index (χ0n) is 2.41. The molecule has 0 heterocycles. The van der Waals surface area contributed by atoms with E-state index in [0.29, 0.717) is 6.54 Å². The third-order valence-corrected chi connectivity index (χ3v) is 0.125. The maximum atomic E-state index is 6.14. The van der Waals surface area contributed by atoms with Gasteiger partial charge in [-0.1, -0.05) is 0 Å². The molecule has 4 heavy (non-hydrogen) atoms. The van der Waals surface area contributed by atoms with Gasteiger partial charge in [-0.05, 0) is 6.92 Å². The molecule has 0 unspecified atom stereocenters. The lowest BCUT2D eigenvalue weighted by Crippen LogP contribution is -2.06. The molecule has 0 aliphatic heterocycles. The minimum Gasteiger partial charge on any atom is -0.243 e. The van der Waals surface area contributed by atoms with E-state index in [0.717, 1.165) is 0 Å². The van der Waals surface area contributed by atoms with Gasteiger partial charge in [0.1, 0.15) is 0 Å². The maximum Gasteiger partial charge on any atom is 0.0114 e. The van der Waals surface area contributed by atoms with Crippen LogP contribution < -0.4 is 11.3 Å². The van der Waals surface area contributed by atoms with Crippen molar-refractivity contribution in [1.82, 2.24) is 11.3 Å². The van der Waals surface area contributed by atoms with Crippen LogP contribution in [0.3, 0.4) is 0 Å². The summed E-state index contributed by atoms with van der Waals surface area (Å²) in [4.78, 5) is 0. The molecule has 0 aliphatic carbocycles. The smallest absolute Gasteiger partial charge is 0.0114 e. The Kier molecular flexibility index (Phi) is 2.86. The van der Waals surface area contributed by atoms with Crippen LogP contribution in [0.25, 0.3) is 0 Å². The van der Waals surface area contributed by atoms with Gasteiger partial charge in [-0.25, -0.2) is 5.43 Å². The highest BCUT2D eigenvalue weighted by molar-refractivity contribution is 4.30. The van der Waals surface area contributed by atoms with E-state index < -0.39 is 0 Å². The summed E-state index contributed by atoms with van der Waals surface area (Å²) in [6.45, 7) is 3.79. The van der Waals surface area contributed by atoms with Gasteiger partial charge in [-0.15, -0.1) is 0 Å². The average molecular weight is 58.1 g/mol. The molecule has 0 fully saturated rings. The van der Waals surface area contributed by atoms with Crippen LogP contribution in [0.2, 0.25) is 0 Å². The molecule has 24 valence electrons. The van der Waals surface area contributed by atoms with E-state index in [9.17, 15) is 0 Å². The van der Waals surface area contributed by atoms with Crippen LogP contribution in [0, 0.1) is 6.92 Å². The molecular formula is C2H6N2. The second kappa shape index (κ2) is 2.92. The van der Waals surface area contributed by atoms with Gasteiger partial charge in [0, 0.05) is 6.54 Å². The van der Waals surface area contributed by atoms with Crippen molar-refractivity contribution in [3.8, 4) is 0 Å².